The maximum absolute atomic E-state index is 14.0. The third-order valence-electron chi connectivity index (χ3n) is 8.06. The number of nitrogens with zero attached hydrogens (tertiary/aromatic N) is 3. The van der Waals surface area contributed by atoms with Gasteiger partial charge in [0.1, 0.15) is 6.04 Å². The number of nitrogens with one attached hydrogen (secondary N) is 2. The summed E-state index contributed by atoms with van der Waals surface area (Å²) < 4.78 is 2.08. The minimum Gasteiger partial charge on any atom is -0.345 e. The first kappa shape index (κ1) is 27.5. The summed E-state index contributed by atoms with van der Waals surface area (Å²) >= 11 is 6.28. The Labute approximate surface area is 224 Å². The van der Waals surface area contributed by atoms with Gasteiger partial charge in [0.15, 0.2) is 0 Å². The van der Waals surface area contributed by atoms with Crippen molar-refractivity contribution in [1.29, 1.82) is 0 Å². The lowest BCUT2D eigenvalue weighted by Gasteiger charge is -2.35. The van der Waals surface area contributed by atoms with Crippen molar-refractivity contribution in [2.45, 2.75) is 76.5 Å². The lowest BCUT2D eigenvalue weighted by Crippen LogP contribution is -2.56. The molecule has 37 heavy (non-hydrogen) atoms. The number of hydrogen-bond acceptors (Lipinski definition) is 4. The first-order valence-corrected chi connectivity index (χ1v) is 13.9. The minimum atomic E-state index is -0.504. The fourth-order valence-electron chi connectivity index (χ4n) is 5.81. The van der Waals surface area contributed by atoms with E-state index < -0.39 is 6.04 Å². The molecule has 0 radical (unpaired) electrons. The van der Waals surface area contributed by atoms with E-state index in [0.717, 1.165) is 49.4 Å². The van der Waals surface area contributed by atoms with Gasteiger partial charge in [-0.05, 0) is 63.8 Å². The Morgan fingerprint density at radius 3 is 2.51 bits per heavy atom. The Morgan fingerprint density at radius 1 is 1.11 bits per heavy atom. The SMILES string of the molecule is CN[C@@H](C)C(=O)N[C@H](C(=O)N1CCC[C@H]1Cn1cc(C(=O)N(C)C)c2cc(Cl)ccc21)C1CCCCC1. The van der Waals surface area contributed by atoms with E-state index in [2.05, 4.69) is 15.2 Å². The molecule has 1 aromatic heterocycles. The molecule has 0 bridgehead atoms. The first-order valence-electron chi connectivity index (χ1n) is 13.5. The van der Waals surface area contributed by atoms with Gasteiger partial charge < -0.3 is 25.0 Å². The zero-order valence-electron chi connectivity index (χ0n) is 22.4. The van der Waals surface area contributed by atoms with Crippen LogP contribution in [0.5, 0.6) is 0 Å². The summed E-state index contributed by atoms with van der Waals surface area (Å²) in [5.41, 5.74) is 1.53. The summed E-state index contributed by atoms with van der Waals surface area (Å²) in [6.07, 6.45) is 8.98. The summed E-state index contributed by atoms with van der Waals surface area (Å²) in [7, 11) is 5.23. The molecule has 1 aromatic carbocycles. The van der Waals surface area contributed by atoms with Crippen molar-refractivity contribution in [2.75, 3.05) is 27.7 Å². The van der Waals surface area contributed by atoms with Gasteiger partial charge in [-0.2, -0.15) is 0 Å². The molecule has 0 spiro atoms. The van der Waals surface area contributed by atoms with Crippen LogP contribution in [0.15, 0.2) is 24.4 Å². The molecule has 1 saturated carbocycles. The van der Waals surface area contributed by atoms with Gasteiger partial charge in [-0.3, -0.25) is 14.4 Å². The maximum atomic E-state index is 14.0. The fraction of sp³-hybridized carbons (Fsp3) is 0.607. The molecule has 2 N–H and O–H groups in total. The predicted octanol–water partition coefficient (Wildman–Crippen LogP) is 3.66. The van der Waals surface area contributed by atoms with Gasteiger partial charge in [-0.25, -0.2) is 0 Å². The van der Waals surface area contributed by atoms with Crippen LogP contribution in [0.25, 0.3) is 10.9 Å². The van der Waals surface area contributed by atoms with Crippen molar-refractivity contribution >= 4 is 40.2 Å². The Hall–Kier alpha value is -2.58. The highest BCUT2D eigenvalue weighted by molar-refractivity contribution is 6.31. The summed E-state index contributed by atoms with van der Waals surface area (Å²) in [5, 5.41) is 7.48. The second-order valence-electron chi connectivity index (χ2n) is 10.8. The molecule has 1 saturated heterocycles. The van der Waals surface area contributed by atoms with Crippen LogP contribution in [-0.4, -0.2) is 77.9 Å². The van der Waals surface area contributed by atoms with Crippen LogP contribution in [0.2, 0.25) is 5.02 Å². The number of likely N-dealkylation sites (tertiary alicyclic amines) is 1. The molecule has 3 atom stereocenters. The third kappa shape index (κ3) is 5.96. The summed E-state index contributed by atoms with van der Waals surface area (Å²) in [6.45, 7) is 3.08. The molecule has 1 aliphatic carbocycles. The number of likely N-dealkylation sites (N-methyl/N-ethyl adjacent to an activating group) is 1. The average Bonchev–Trinajstić information content (AvgIpc) is 3.50. The third-order valence-corrected chi connectivity index (χ3v) is 8.29. The maximum Gasteiger partial charge on any atom is 0.255 e. The molecule has 2 fully saturated rings. The van der Waals surface area contributed by atoms with Crippen molar-refractivity contribution in [3.63, 3.8) is 0 Å². The topological polar surface area (TPSA) is 86.7 Å². The number of carbonyl (C=O) groups is 3. The smallest absolute Gasteiger partial charge is 0.255 e. The van der Waals surface area contributed by atoms with E-state index >= 15 is 0 Å². The number of carbonyl (C=O) groups excluding carboxylic acids is 3. The summed E-state index contributed by atoms with van der Waals surface area (Å²) in [5.74, 6) is -0.0316. The lowest BCUT2D eigenvalue weighted by atomic mass is 9.83. The van der Waals surface area contributed by atoms with E-state index in [1.807, 2.05) is 36.2 Å². The molecule has 1 aliphatic heterocycles. The van der Waals surface area contributed by atoms with Gasteiger partial charge in [0.25, 0.3) is 5.91 Å². The van der Waals surface area contributed by atoms with E-state index in [4.69, 9.17) is 11.6 Å². The molecular formula is C28H40ClN5O3. The quantitative estimate of drug-likeness (QED) is 0.546. The van der Waals surface area contributed by atoms with Gasteiger partial charge in [-0.15, -0.1) is 0 Å². The minimum absolute atomic E-state index is 0.00852. The highest BCUT2D eigenvalue weighted by atomic mass is 35.5. The largest absolute Gasteiger partial charge is 0.345 e. The molecule has 2 aliphatic rings. The van der Waals surface area contributed by atoms with Gasteiger partial charge >= 0.3 is 0 Å². The Bertz CT molecular complexity index is 1140. The molecule has 8 nitrogen and oxygen atoms in total. The first-order chi connectivity index (χ1) is 17.7. The number of fused-ring (bicyclic) bond motifs is 1. The second-order valence-corrected chi connectivity index (χ2v) is 11.2. The monoisotopic (exact) mass is 529 g/mol. The molecule has 4 rings (SSSR count). The number of hydrogen-bond donors (Lipinski definition) is 2. The number of halogens is 1. The zero-order chi connectivity index (χ0) is 26.7. The number of aromatic nitrogens is 1. The fourth-order valence-corrected chi connectivity index (χ4v) is 5.98. The normalized spacial score (nSPS) is 20.1. The number of benzene rings is 1. The van der Waals surface area contributed by atoms with Gasteiger partial charge in [0.05, 0.1) is 11.6 Å². The van der Waals surface area contributed by atoms with Crippen LogP contribution in [0, 0.1) is 5.92 Å². The zero-order valence-corrected chi connectivity index (χ0v) is 23.2. The standard InChI is InChI=1S/C28H40ClN5O3/c1-18(30-2)26(35)31-25(19-9-6-5-7-10-19)28(37)34-14-8-11-21(34)16-33-17-23(27(36)32(3)4)22-15-20(29)12-13-24(22)33/h12-13,15,17-19,21,25,30H,5-11,14,16H2,1-4H3,(H,31,35)/t18-,21-,25-/m0/s1. The van der Waals surface area contributed by atoms with E-state index in [-0.39, 0.29) is 35.7 Å². The van der Waals surface area contributed by atoms with Crippen molar-refractivity contribution in [2.24, 2.45) is 5.92 Å². The van der Waals surface area contributed by atoms with Gasteiger partial charge in [0, 0.05) is 55.3 Å². The molecule has 2 heterocycles. The van der Waals surface area contributed by atoms with Crippen LogP contribution in [0.3, 0.4) is 0 Å². The molecular weight excluding hydrogens is 490 g/mol. The van der Waals surface area contributed by atoms with Crippen LogP contribution in [0.4, 0.5) is 0 Å². The number of amides is 3. The Morgan fingerprint density at radius 2 is 1.84 bits per heavy atom. The number of rotatable bonds is 8. The van der Waals surface area contributed by atoms with Gasteiger partial charge in [0.2, 0.25) is 11.8 Å². The molecule has 9 heteroatoms. The van der Waals surface area contributed by atoms with E-state index in [1.165, 1.54) is 6.42 Å². The highest BCUT2D eigenvalue weighted by Crippen LogP contribution is 2.31. The van der Waals surface area contributed by atoms with Crippen molar-refractivity contribution < 1.29 is 14.4 Å². The van der Waals surface area contributed by atoms with Crippen LogP contribution < -0.4 is 10.6 Å². The summed E-state index contributed by atoms with van der Waals surface area (Å²) in [4.78, 5) is 43.3. The van der Waals surface area contributed by atoms with Crippen molar-refractivity contribution in [3.05, 3.63) is 35.0 Å². The van der Waals surface area contributed by atoms with Crippen molar-refractivity contribution in [3.8, 4) is 0 Å². The molecule has 3 amide bonds. The highest BCUT2D eigenvalue weighted by Gasteiger charge is 2.39. The molecule has 2 aromatic rings. The van der Waals surface area contributed by atoms with Crippen LogP contribution in [0.1, 0.15) is 62.2 Å². The second kappa shape index (κ2) is 11.9. The molecule has 0 unspecified atom stereocenters. The average molecular weight is 530 g/mol. The van der Waals surface area contributed by atoms with Crippen LogP contribution >= 0.6 is 11.6 Å². The van der Waals surface area contributed by atoms with Crippen molar-refractivity contribution in [1.82, 2.24) is 25.0 Å². The lowest BCUT2D eigenvalue weighted by molar-refractivity contribution is -0.139. The van der Waals surface area contributed by atoms with E-state index in [1.54, 1.807) is 26.0 Å². The Balaban J connectivity index is 1.60. The molecule has 202 valence electrons. The van der Waals surface area contributed by atoms with E-state index in [9.17, 15) is 14.4 Å². The van der Waals surface area contributed by atoms with E-state index in [0.29, 0.717) is 23.7 Å². The summed E-state index contributed by atoms with van der Waals surface area (Å²) in [6, 6.07) is 4.73. The Kier molecular flexibility index (Phi) is 8.80. The van der Waals surface area contributed by atoms with Crippen LogP contribution in [-0.2, 0) is 16.1 Å². The predicted molar refractivity (Wildman–Crippen MR) is 147 cm³/mol. The van der Waals surface area contributed by atoms with Gasteiger partial charge in [-0.1, -0.05) is 30.9 Å².